The third-order valence-electron chi connectivity index (χ3n) is 4.75. The van der Waals surface area contributed by atoms with E-state index in [4.69, 9.17) is 26.8 Å². The van der Waals surface area contributed by atoms with Gasteiger partial charge in [0, 0.05) is 38.2 Å². The Morgan fingerprint density at radius 2 is 1.89 bits per heavy atom. The van der Waals surface area contributed by atoms with Gasteiger partial charge < -0.3 is 20.1 Å². The van der Waals surface area contributed by atoms with Crippen LogP contribution >= 0.6 is 11.6 Å². The molecule has 1 aliphatic heterocycles. The van der Waals surface area contributed by atoms with Crippen LogP contribution in [-0.4, -0.2) is 57.1 Å². The number of carbonyl (C=O) groups is 2. The SMILES string of the molecule is NCCOCCOCCCC(=O)CCc1ccc2c(c1)CCCN2C(=O)CCl. The molecule has 0 unspecified atom stereocenters. The number of benzene rings is 1. The molecule has 1 heterocycles. The van der Waals surface area contributed by atoms with Gasteiger partial charge in [0.25, 0.3) is 0 Å². The quantitative estimate of drug-likeness (QED) is 0.399. The largest absolute Gasteiger partial charge is 0.379 e. The fourth-order valence-electron chi connectivity index (χ4n) is 3.32. The van der Waals surface area contributed by atoms with E-state index in [-0.39, 0.29) is 17.6 Å². The van der Waals surface area contributed by atoms with Gasteiger partial charge in [0.1, 0.15) is 11.7 Å². The van der Waals surface area contributed by atoms with Crippen molar-refractivity contribution in [2.45, 2.75) is 38.5 Å². The Morgan fingerprint density at radius 1 is 1.11 bits per heavy atom. The van der Waals surface area contributed by atoms with Gasteiger partial charge in [-0.25, -0.2) is 0 Å². The molecule has 6 nitrogen and oxygen atoms in total. The summed E-state index contributed by atoms with van der Waals surface area (Å²) in [7, 11) is 0. The van der Waals surface area contributed by atoms with Gasteiger partial charge in [-0.05, 0) is 42.9 Å². The number of alkyl halides is 1. The Hall–Kier alpha value is -1.47. The molecule has 2 N–H and O–H groups in total. The number of aryl methyl sites for hydroxylation is 2. The van der Waals surface area contributed by atoms with Crippen molar-refractivity contribution in [1.82, 2.24) is 0 Å². The van der Waals surface area contributed by atoms with Crippen molar-refractivity contribution in [3.05, 3.63) is 29.3 Å². The molecule has 1 aromatic carbocycles. The van der Waals surface area contributed by atoms with Crippen LogP contribution < -0.4 is 10.6 Å². The highest BCUT2D eigenvalue weighted by molar-refractivity contribution is 6.29. The molecule has 7 heteroatoms. The van der Waals surface area contributed by atoms with Gasteiger partial charge in [-0.2, -0.15) is 0 Å². The number of ketones is 1. The topological polar surface area (TPSA) is 81.9 Å². The maximum absolute atomic E-state index is 12.1. The van der Waals surface area contributed by atoms with Crippen molar-refractivity contribution in [3.63, 3.8) is 0 Å². The molecule has 28 heavy (non-hydrogen) atoms. The summed E-state index contributed by atoms with van der Waals surface area (Å²) in [6.45, 7) is 3.43. The second kappa shape index (κ2) is 12.9. The van der Waals surface area contributed by atoms with Crippen molar-refractivity contribution in [3.8, 4) is 0 Å². The summed E-state index contributed by atoms with van der Waals surface area (Å²) in [5.74, 6) is 0.193. The predicted molar refractivity (Wildman–Crippen MR) is 111 cm³/mol. The summed E-state index contributed by atoms with van der Waals surface area (Å²) in [6, 6.07) is 6.12. The number of fused-ring (bicyclic) bond motifs is 1. The molecule has 156 valence electrons. The second-order valence-corrected chi connectivity index (χ2v) is 7.17. The molecule has 0 saturated heterocycles. The fraction of sp³-hybridized carbons (Fsp3) is 0.619. The fourth-order valence-corrected chi connectivity index (χ4v) is 3.47. The minimum Gasteiger partial charge on any atom is -0.379 e. The van der Waals surface area contributed by atoms with E-state index < -0.39 is 0 Å². The van der Waals surface area contributed by atoms with E-state index in [1.807, 2.05) is 12.1 Å². The van der Waals surface area contributed by atoms with Gasteiger partial charge in [-0.1, -0.05) is 12.1 Å². The van der Waals surface area contributed by atoms with Crippen LogP contribution in [0, 0.1) is 0 Å². The van der Waals surface area contributed by atoms with Crippen LogP contribution in [0.4, 0.5) is 5.69 Å². The molecule has 1 aromatic rings. The third-order valence-corrected chi connectivity index (χ3v) is 4.98. The molecule has 1 amide bonds. The lowest BCUT2D eigenvalue weighted by Crippen LogP contribution is -2.36. The first-order valence-electron chi connectivity index (χ1n) is 10.0. The van der Waals surface area contributed by atoms with Crippen LogP contribution in [0.5, 0.6) is 0 Å². The normalized spacial score (nSPS) is 13.4. The summed E-state index contributed by atoms with van der Waals surface area (Å²) in [5.41, 5.74) is 8.59. The number of hydrogen-bond donors (Lipinski definition) is 1. The van der Waals surface area contributed by atoms with E-state index in [0.717, 1.165) is 43.5 Å². The molecule has 0 radical (unpaired) electrons. The monoisotopic (exact) mass is 410 g/mol. The zero-order valence-corrected chi connectivity index (χ0v) is 17.2. The van der Waals surface area contributed by atoms with E-state index in [2.05, 4.69) is 6.07 Å². The Kier molecular flexibility index (Phi) is 10.5. The maximum Gasteiger partial charge on any atom is 0.241 e. The molecule has 0 aromatic heterocycles. The van der Waals surface area contributed by atoms with Gasteiger partial charge in [0.05, 0.1) is 19.8 Å². The molecule has 1 aliphatic rings. The van der Waals surface area contributed by atoms with E-state index >= 15 is 0 Å². The van der Waals surface area contributed by atoms with Crippen LogP contribution in [0.1, 0.15) is 36.8 Å². The highest BCUT2D eigenvalue weighted by Gasteiger charge is 2.21. The number of anilines is 1. The number of nitrogens with zero attached hydrogens (tertiary/aromatic N) is 1. The number of hydrogen-bond acceptors (Lipinski definition) is 5. The lowest BCUT2D eigenvalue weighted by Gasteiger charge is -2.29. The Balaban J connectivity index is 1.69. The first kappa shape index (κ1) is 22.8. The average Bonchev–Trinajstić information content (AvgIpc) is 2.72. The highest BCUT2D eigenvalue weighted by atomic mass is 35.5. The summed E-state index contributed by atoms with van der Waals surface area (Å²) < 4.78 is 10.7. The van der Waals surface area contributed by atoms with Gasteiger partial charge in [0.15, 0.2) is 0 Å². The number of halogens is 1. The lowest BCUT2D eigenvalue weighted by molar-refractivity contribution is -0.119. The second-order valence-electron chi connectivity index (χ2n) is 6.90. The number of rotatable bonds is 13. The van der Waals surface area contributed by atoms with Crippen molar-refractivity contribution in [1.29, 1.82) is 0 Å². The minimum atomic E-state index is -0.0568. The Bertz CT molecular complexity index is 639. The van der Waals surface area contributed by atoms with E-state index in [1.54, 1.807) is 4.90 Å². The van der Waals surface area contributed by atoms with Crippen molar-refractivity contribution in [2.24, 2.45) is 5.73 Å². The predicted octanol–water partition coefficient (Wildman–Crippen LogP) is 2.48. The van der Waals surface area contributed by atoms with Crippen LogP contribution in [0.25, 0.3) is 0 Å². The Morgan fingerprint density at radius 3 is 2.64 bits per heavy atom. The summed E-state index contributed by atoms with van der Waals surface area (Å²) in [5, 5.41) is 0. The number of carbonyl (C=O) groups excluding carboxylic acids is 2. The zero-order valence-electron chi connectivity index (χ0n) is 16.5. The molecule has 0 saturated carbocycles. The van der Waals surface area contributed by atoms with E-state index in [1.165, 1.54) is 5.56 Å². The molecule has 0 fully saturated rings. The molecule has 0 atom stereocenters. The number of Topliss-reactive ketones (excluding diaryl/α,β-unsaturated/α-hetero) is 1. The third kappa shape index (κ3) is 7.51. The minimum absolute atomic E-state index is 0.000131. The van der Waals surface area contributed by atoms with Crippen LogP contribution in [0.15, 0.2) is 18.2 Å². The average molecular weight is 411 g/mol. The van der Waals surface area contributed by atoms with Crippen molar-refractivity contribution >= 4 is 29.0 Å². The zero-order chi connectivity index (χ0) is 20.2. The lowest BCUT2D eigenvalue weighted by atomic mass is 9.96. The first-order valence-corrected chi connectivity index (χ1v) is 10.5. The van der Waals surface area contributed by atoms with Crippen molar-refractivity contribution in [2.75, 3.05) is 50.3 Å². The van der Waals surface area contributed by atoms with Gasteiger partial charge in [-0.3, -0.25) is 9.59 Å². The smallest absolute Gasteiger partial charge is 0.241 e. The summed E-state index contributed by atoms with van der Waals surface area (Å²) >= 11 is 5.71. The molecular formula is C21H31ClN2O4. The van der Waals surface area contributed by atoms with Crippen LogP contribution in [-0.2, 0) is 31.9 Å². The Labute approximate surface area is 172 Å². The molecule has 0 aliphatic carbocycles. The molecular weight excluding hydrogens is 380 g/mol. The van der Waals surface area contributed by atoms with Gasteiger partial charge in [0.2, 0.25) is 5.91 Å². The maximum atomic E-state index is 12.1. The van der Waals surface area contributed by atoms with E-state index in [9.17, 15) is 9.59 Å². The van der Waals surface area contributed by atoms with Crippen LogP contribution in [0.2, 0.25) is 0 Å². The molecule has 0 bridgehead atoms. The number of amides is 1. The van der Waals surface area contributed by atoms with Crippen molar-refractivity contribution < 1.29 is 19.1 Å². The van der Waals surface area contributed by atoms with Crippen LogP contribution in [0.3, 0.4) is 0 Å². The highest BCUT2D eigenvalue weighted by Crippen LogP contribution is 2.28. The summed E-state index contributed by atoms with van der Waals surface area (Å²) in [6.07, 6.45) is 4.42. The first-order chi connectivity index (χ1) is 13.7. The van der Waals surface area contributed by atoms with Gasteiger partial charge >= 0.3 is 0 Å². The summed E-state index contributed by atoms with van der Waals surface area (Å²) in [4.78, 5) is 25.8. The molecule has 0 spiro atoms. The standard InChI is InChI=1S/C21H31ClN2O4/c22-16-21(26)24-10-1-3-18-15-17(6-8-20(18)24)5-7-19(25)4-2-11-27-13-14-28-12-9-23/h6,8,15H,1-5,7,9-14,16,23H2. The van der Waals surface area contributed by atoms with E-state index in [0.29, 0.717) is 45.8 Å². The molecule has 2 rings (SSSR count). The number of nitrogens with two attached hydrogens (primary N) is 1. The van der Waals surface area contributed by atoms with Gasteiger partial charge in [-0.15, -0.1) is 11.6 Å². The number of ether oxygens (including phenoxy) is 2.